The van der Waals surface area contributed by atoms with Crippen LogP contribution in [0.5, 0.6) is 5.75 Å². The smallest absolute Gasteiger partial charge is 0.122 e. The van der Waals surface area contributed by atoms with Crippen LogP contribution in [-0.2, 0) is 19.4 Å². The lowest BCUT2D eigenvalue weighted by molar-refractivity contribution is 0.405. The summed E-state index contributed by atoms with van der Waals surface area (Å²) in [4.78, 5) is 0. The van der Waals surface area contributed by atoms with Crippen LogP contribution in [0, 0.1) is 12.8 Å². The van der Waals surface area contributed by atoms with Crippen LogP contribution in [0.3, 0.4) is 0 Å². The third-order valence-corrected chi connectivity index (χ3v) is 4.14. The largest absolute Gasteiger partial charge is 0.496 e. The van der Waals surface area contributed by atoms with Crippen molar-refractivity contribution in [3.8, 4) is 5.75 Å². The third kappa shape index (κ3) is 4.01. The van der Waals surface area contributed by atoms with Gasteiger partial charge in [0.15, 0.2) is 0 Å². The highest BCUT2D eigenvalue weighted by Crippen LogP contribution is 2.23. The third-order valence-electron chi connectivity index (χ3n) is 3.70. The first-order valence-corrected chi connectivity index (χ1v) is 7.92. The SMILES string of the molecule is CCn1nc(C)cc1CC(CCl)Cc1ccccc1OC. The van der Waals surface area contributed by atoms with E-state index >= 15 is 0 Å². The van der Waals surface area contributed by atoms with Crippen LogP contribution >= 0.6 is 11.6 Å². The summed E-state index contributed by atoms with van der Waals surface area (Å²) in [6.45, 7) is 5.05. The van der Waals surface area contributed by atoms with E-state index in [1.54, 1.807) is 7.11 Å². The van der Waals surface area contributed by atoms with Gasteiger partial charge in [0.05, 0.1) is 12.8 Å². The van der Waals surface area contributed by atoms with Gasteiger partial charge in [0.2, 0.25) is 0 Å². The molecule has 2 rings (SSSR count). The van der Waals surface area contributed by atoms with Crippen molar-refractivity contribution in [2.45, 2.75) is 33.2 Å². The highest BCUT2D eigenvalue weighted by molar-refractivity contribution is 6.18. The number of para-hydroxylation sites is 1. The van der Waals surface area contributed by atoms with E-state index in [9.17, 15) is 0 Å². The zero-order valence-corrected chi connectivity index (χ0v) is 13.7. The van der Waals surface area contributed by atoms with Crippen molar-refractivity contribution in [3.05, 3.63) is 47.3 Å². The van der Waals surface area contributed by atoms with Crippen LogP contribution in [0.1, 0.15) is 23.9 Å². The Kier molecular flexibility index (Phi) is 5.68. The standard InChI is InChI=1S/C17H23ClN2O/c1-4-20-16(9-13(2)19-20)11-14(12-18)10-15-7-5-6-8-17(15)21-3/h5-9,14H,4,10-12H2,1-3H3. The summed E-state index contributed by atoms with van der Waals surface area (Å²) in [5.41, 5.74) is 3.54. The number of halogens is 1. The monoisotopic (exact) mass is 306 g/mol. The minimum Gasteiger partial charge on any atom is -0.496 e. The molecular formula is C17H23ClN2O. The molecule has 0 aliphatic carbocycles. The highest BCUT2D eigenvalue weighted by Gasteiger charge is 2.15. The van der Waals surface area contributed by atoms with Gasteiger partial charge in [0.25, 0.3) is 0 Å². The average Bonchev–Trinajstić information content (AvgIpc) is 2.86. The van der Waals surface area contributed by atoms with E-state index in [-0.39, 0.29) is 0 Å². The van der Waals surface area contributed by atoms with E-state index < -0.39 is 0 Å². The molecule has 1 unspecified atom stereocenters. The van der Waals surface area contributed by atoms with Crippen LogP contribution in [0.2, 0.25) is 0 Å². The molecule has 0 amide bonds. The molecule has 114 valence electrons. The number of benzene rings is 1. The van der Waals surface area contributed by atoms with Gasteiger partial charge in [-0.05, 0) is 50.3 Å². The number of nitrogens with zero attached hydrogens (tertiary/aromatic N) is 2. The molecule has 21 heavy (non-hydrogen) atoms. The molecule has 0 spiro atoms. The maximum atomic E-state index is 6.19. The van der Waals surface area contributed by atoms with Crippen molar-refractivity contribution in [1.29, 1.82) is 0 Å². The van der Waals surface area contributed by atoms with Crippen molar-refractivity contribution in [2.24, 2.45) is 5.92 Å². The first kappa shape index (κ1) is 15.9. The van der Waals surface area contributed by atoms with Gasteiger partial charge in [0, 0.05) is 18.1 Å². The van der Waals surface area contributed by atoms with Gasteiger partial charge in [-0.15, -0.1) is 11.6 Å². The Morgan fingerprint density at radius 1 is 1.29 bits per heavy atom. The number of ether oxygens (including phenoxy) is 1. The normalized spacial score (nSPS) is 12.4. The summed E-state index contributed by atoms with van der Waals surface area (Å²) in [7, 11) is 1.71. The Bertz CT molecular complexity index is 580. The zero-order valence-electron chi connectivity index (χ0n) is 13.0. The molecule has 0 bridgehead atoms. The highest BCUT2D eigenvalue weighted by atomic mass is 35.5. The van der Waals surface area contributed by atoms with Gasteiger partial charge in [0.1, 0.15) is 5.75 Å². The summed E-state index contributed by atoms with van der Waals surface area (Å²) in [6, 6.07) is 10.3. The van der Waals surface area contributed by atoms with Gasteiger partial charge in [-0.25, -0.2) is 0 Å². The number of alkyl halides is 1. The average molecular weight is 307 g/mol. The fraction of sp³-hybridized carbons (Fsp3) is 0.471. The number of methoxy groups -OCH3 is 1. The lowest BCUT2D eigenvalue weighted by atomic mass is 9.95. The Balaban J connectivity index is 2.13. The molecule has 2 aromatic rings. The number of hydrogen-bond acceptors (Lipinski definition) is 2. The fourth-order valence-corrected chi connectivity index (χ4v) is 2.92. The lowest BCUT2D eigenvalue weighted by Gasteiger charge is -2.16. The summed E-state index contributed by atoms with van der Waals surface area (Å²) in [5, 5.41) is 4.51. The number of hydrogen-bond donors (Lipinski definition) is 0. The van der Waals surface area contributed by atoms with Crippen molar-refractivity contribution in [3.63, 3.8) is 0 Å². The summed E-state index contributed by atoms with van der Waals surface area (Å²) in [6.07, 6.45) is 1.86. The molecule has 4 heteroatoms. The maximum Gasteiger partial charge on any atom is 0.122 e. The van der Waals surface area contributed by atoms with Gasteiger partial charge >= 0.3 is 0 Å². The van der Waals surface area contributed by atoms with Crippen LogP contribution in [0.25, 0.3) is 0 Å². The van der Waals surface area contributed by atoms with Crippen LogP contribution < -0.4 is 4.74 Å². The maximum absolute atomic E-state index is 6.19. The van der Waals surface area contributed by atoms with Gasteiger partial charge in [-0.1, -0.05) is 18.2 Å². The second-order valence-corrected chi connectivity index (χ2v) is 5.64. The molecule has 0 fully saturated rings. The second kappa shape index (κ2) is 7.51. The van der Waals surface area contributed by atoms with Crippen molar-refractivity contribution < 1.29 is 4.74 Å². The molecule has 3 nitrogen and oxygen atoms in total. The first-order valence-electron chi connectivity index (χ1n) is 7.39. The molecule has 1 aromatic heterocycles. The Labute approximate surface area is 131 Å². The first-order chi connectivity index (χ1) is 10.2. The Morgan fingerprint density at radius 3 is 2.71 bits per heavy atom. The minimum atomic E-state index is 0.379. The molecule has 0 radical (unpaired) electrons. The van der Waals surface area contributed by atoms with Crippen molar-refractivity contribution in [2.75, 3.05) is 13.0 Å². The number of aromatic nitrogens is 2. The van der Waals surface area contributed by atoms with Crippen LogP contribution in [-0.4, -0.2) is 22.8 Å². The predicted molar refractivity (Wildman–Crippen MR) is 87.3 cm³/mol. The summed E-state index contributed by atoms with van der Waals surface area (Å²) in [5.74, 6) is 1.95. The van der Waals surface area contributed by atoms with Crippen LogP contribution in [0.15, 0.2) is 30.3 Å². The van der Waals surface area contributed by atoms with Gasteiger partial charge < -0.3 is 4.74 Å². The molecule has 1 atom stereocenters. The molecule has 1 aromatic carbocycles. The van der Waals surface area contributed by atoms with E-state index in [4.69, 9.17) is 16.3 Å². The second-order valence-electron chi connectivity index (χ2n) is 5.33. The number of aryl methyl sites for hydroxylation is 2. The van der Waals surface area contributed by atoms with Gasteiger partial charge in [-0.2, -0.15) is 5.10 Å². The Morgan fingerprint density at radius 2 is 2.05 bits per heavy atom. The molecule has 1 heterocycles. The minimum absolute atomic E-state index is 0.379. The lowest BCUT2D eigenvalue weighted by Crippen LogP contribution is -2.14. The molecule has 0 saturated carbocycles. The van der Waals surface area contributed by atoms with E-state index in [1.165, 1.54) is 11.3 Å². The van der Waals surface area contributed by atoms with Crippen molar-refractivity contribution >= 4 is 11.6 Å². The van der Waals surface area contributed by atoms with Gasteiger partial charge in [-0.3, -0.25) is 4.68 Å². The van der Waals surface area contributed by atoms with E-state index in [0.717, 1.165) is 30.8 Å². The fourth-order valence-electron chi connectivity index (χ4n) is 2.70. The number of rotatable bonds is 7. The molecule has 0 aliphatic heterocycles. The molecule has 0 aliphatic rings. The summed E-state index contributed by atoms with van der Waals surface area (Å²) >= 11 is 6.19. The Hall–Kier alpha value is -1.48. The quantitative estimate of drug-likeness (QED) is 0.726. The molecular weight excluding hydrogens is 284 g/mol. The topological polar surface area (TPSA) is 27.1 Å². The van der Waals surface area contributed by atoms with E-state index in [1.807, 2.05) is 25.1 Å². The molecule has 0 N–H and O–H groups in total. The van der Waals surface area contributed by atoms with Crippen LogP contribution in [0.4, 0.5) is 0 Å². The predicted octanol–water partition coefficient (Wildman–Crippen LogP) is 3.86. The molecule has 0 saturated heterocycles. The van der Waals surface area contributed by atoms with E-state index in [2.05, 4.69) is 28.8 Å². The summed E-state index contributed by atoms with van der Waals surface area (Å²) < 4.78 is 7.50. The van der Waals surface area contributed by atoms with Crippen molar-refractivity contribution in [1.82, 2.24) is 9.78 Å². The zero-order chi connectivity index (χ0) is 15.2. The van der Waals surface area contributed by atoms with E-state index in [0.29, 0.717) is 11.8 Å².